The van der Waals surface area contributed by atoms with Crippen molar-refractivity contribution in [2.75, 3.05) is 29.1 Å². The molecule has 2 aromatic carbocycles. The number of benzene rings is 2. The number of halogens is 3. The summed E-state index contributed by atoms with van der Waals surface area (Å²) in [6.07, 6.45) is -2.36. The summed E-state index contributed by atoms with van der Waals surface area (Å²) in [5.41, 5.74) is 1.95. The van der Waals surface area contributed by atoms with Crippen molar-refractivity contribution in [3.63, 3.8) is 0 Å². The molecule has 0 bridgehead atoms. The molecule has 2 atom stereocenters. The number of nitrogens with one attached hydrogen (secondary N) is 1. The van der Waals surface area contributed by atoms with Crippen molar-refractivity contribution >= 4 is 35.0 Å². The first-order valence-corrected chi connectivity index (χ1v) is 12.8. The van der Waals surface area contributed by atoms with Gasteiger partial charge in [-0.05, 0) is 36.6 Å². The van der Waals surface area contributed by atoms with Crippen molar-refractivity contribution in [3.05, 3.63) is 66.2 Å². The number of thioether (sulfide) groups is 1. The summed E-state index contributed by atoms with van der Waals surface area (Å²) in [4.78, 5) is 33.6. The Morgan fingerprint density at radius 1 is 1.19 bits per heavy atom. The zero-order valence-electron chi connectivity index (χ0n) is 20.0. The van der Waals surface area contributed by atoms with Crippen LogP contribution in [-0.4, -0.2) is 64.2 Å². The fraction of sp³-hybridized carbons (Fsp3) is 0.360. The van der Waals surface area contributed by atoms with Crippen molar-refractivity contribution in [3.8, 4) is 0 Å². The second kappa shape index (κ2) is 10.1. The number of hydrogen-bond donors (Lipinski definition) is 1. The summed E-state index contributed by atoms with van der Waals surface area (Å²) in [6, 6.07) is 12.2. The minimum Gasteiger partial charge on any atom is -0.360 e. The van der Waals surface area contributed by atoms with Crippen LogP contribution in [0.1, 0.15) is 29.0 Å². The maximum absolute atomic E-state index is 13.5. The fourth-order valence-corrected chi connectivity index (χ4v) is 5.73. The first-order valence-electron chi connectivity index (χ1n) is 11.8. The van der Waals surface area contributed by atoms with E-state index in [1.807, 2.05) is 30.3 Å². The van der Waals surface area contributed by atoms with Gasteiger partial charge in [0.1, 0.15) is 18.4 Å². The van der Waals surface area contributed by atoms with Crippen LogP contribution in [0.15, 0.2) is 59.8 Å². The predicted molar refractivity (Wildman–Crippen MR) is 134 cm³/mol. The van der Waals surface area contributed by atoms with E-state index in [4.69, 9.17) is 0 Å². The number of hydrogen-bond acceptors (Lipinski definition) is 6. The molecular formula is C25H25F3N6O2S. The molecule has 1 saturated heterocycles. The second-order valence-corrected chi connectivity index (χ2v) is 10.1. The Bertz CT molecular complexity index is 1300. The standard InChI is InChI=1S/C25H25F3N6O2S/c1-32-19-12-17(34-11-5-8-21(34)25(26,27)28)9-10-20(19)37-14-18(24(32)36)30-23(35)22-29-15-33(31-22)13-16-6-3-2-4-7-16/h2-4,6-7,9-10,12,15,18,21H,5,8,11,13-14H2,1H3,(H,30,35)/t18-,21-/m0/s1. The van der Waals surface area contributed by atoms with E-state index in [0.717, 1.165) is 10.5 Å². The van der Waals surface area contributed by atoms with Crippen LogP contribution in [0.3, 0.4) is 0 Å². The first-order chi connectivity index (χ1) is 17.7. The lowest BCUT2D eigenvalue weighted by Crippen LogP contribution is -2.48. The number of nitrogens with zero attached hydrogens (tertiary/aromatic N) is 5. The van der Waals surface area contributed by atoms with E-state index < -0.39 is 24.2 Å². The smallest absolute Gasteiger partial charge is 0.360 e. The van der Waals surface area contributed by atoms with Gasteiger partial charge in [-0.15, -0.1) is 16.9 Å². The number of carbonyl (C=O) groups excluding carboxylic acids is 2. The Kier molecular flexibility index (Phi) is 6.84. The molecule has 37 heavy (non-hydrogen) atoms. The van der Waals surface area contributed by atoms with Gasteiger partial charge < -0.3 is 15.1 Å². The molecule has 8 nitrogen and oxygen atoms in total. The average molecular weight is 531 g/mol. The monoisotopic (exact) mass is 530 g/mol. The number of carbonyl (C=O) groups is 2. The van der Waals surface area contributed by atoms with Gasteiger partial charge in [0, 0.05) is 29.9 Å². The maximum atomic E-state index is 13.5. The van der Waals surface area contributed by atoms with E-state index in [2.05, 4.69) is 15.4 Å². The molecule has 0 spiro atoms. The lowest BCUT2D eigenvalue weighted by Gasteiger charge is -2.30. The van der Waals surface area contributed by atoms with Gasteiger partial charge in [-0.1, -0.05) is 30.3 Å². The summed E-state index contributed by atoms with van der Waals surface area (Å²) < 4.78 is 42.0. The molecule has 5 rings (SSSR count). The quantitative estimate of drug-likeness (QED) is 0.542. The molecule has 2 amide bonds. The summed E-state index contributed by atoms with van der Waals surface area (Å²) >= 11 is 1.36. The highest BCUT2D eigenvalue weighted by atomic mass is 32.2. The highest BCUT2D eigenvalue weighted by Gasteiger charge is 2.46. The Morgan fingerprint density at radius 3 is 2.73 bits per heavy atom. The Labute approximate surface area is 215 Å². The van der Waals surface area contributed by atoms with E-state index in [9.17, 15) is 22.8 Å². The third-order valence-corrected chi connectivity index (χ3v) is 7.69. The largest absolute Gasteiger partial charge is 0.408 e. The van der Waals surface area contributed by atoms with Gasteiger partial charge in [0.2, 0.25) is 11.7 Å². The highest BCUT2D eigenvalue weighted by Crippen LogP contribution is 2.41. The Morgan fingerprint density at radius 2 is 1.97 bits per heavy atom. The number of fused-ring (bicyclic) bond motifs is 1. The summed E-state index contributed by atoms with van der Waals surface area (Å²) in [7, 11) is 1.56. The van der Waals surface area contributed by atoms with Crippen LogP contribution in [0.2, 0.25) is 0 Å². The Balaban J connectivity index is 1.29. The molecule has 2 aliphatic rings. The zero-order chi connectivity index (χ0) is 26.2. The van der Waals surface area contributed by atoms with Gasteiger partial charge in [0.15, 0.2) is 0 Å². The number of aromatic nitrogens is 3. The van der Waals surface area contributed by atoms with Crippen LogP contribution in [0, 0.1) is 0 Å². The minimum atomic E-state index is -4.32. The van der Waals surface area contributed by atoms with Crippen molar-refractivity contribution in [2.45, 2.75) is 42.5 Å². The molecule has 0 aliphatic carbocycles. The normalized spacial score (nSPS) is 20.1. The van der Waals surface area contributed by atoms with Crippen LogP contribution in [0.25, 0.3) is 0 Å². The zero-order valence-corrected chi connectivity index (χ0v) is 20.8. The molecular weight excluding hydrogens is 505 g/mol. The fourth-order valence-electron chi connectivity index (χ4n) is 4.65. The molecule has 1 fully saturated rings. The summed E-state index contributed by atoms with van der Waals surface area (Å²) in [5, 5.41) is 6.94. The average Bonchev–Trinajstić information content (AvgIpc) is 3.54. The SMILES string of the molecule is CN1C(=O)[C@@H](NC(=O)c2ncn(Cc3ccccc3)n2)CSc2ccc(N3CCC[C@H]3C(F)(F)F)cc21. The van der Waals surface area contributed by atoms with Gasteiger partial charge in [-0.3, -0.25) is 9.59 Å². The van der Waals surface area contributed by atoms with E-state index >= 15 is 0 Å². The predicted octanol–water partition coefficient (Wildman–Crippen LogP) is 3.72. The Hall–Kier alpha value is -3.54. The molecule has 0 unspecified atom stereocenters. The molecule has 3 heterocycles. The second-order valence-electron chi connectivity index (χ2n) is 9.03. The third kappa shape index (κ3) is 5.29. The minimum absolute atomic E-state index is 0.0485. The highest BCUT2D eigenvalue weighted by molar-refractivity contribution is 7.99. The van der Waals surface area contributed by atoms with Crippen LogP contribution >= 0.6 is 11.8 Å². The number of alkyl halides is 3. The topological polar surface area (TPSA) is 83.4 Å². The third-order valence-electron chi connectivity index (χ3n) is 6.53. The maximum Gasteiger partial charge on any atom is 0.408 e. The van der Waals surface area contributed by atoms with E-state index in [0.29, 0.717) is 30.9 Å². The molecule has 0 radical (unpaired) electrons. The van der Waals surface area contributed by atoms with E-state index in [-0.39, 0.29) is 23.9 Å². The van der Waals surface area contributed by atoms with Gasteiger partial charge in [0.25, 0.3) is 5.91 Å². The van der Waals surface area contributed by atoms with Crippen LogP contribution in [-0.2, 0) is 11.3 Å². The summed E-state index contributed by atoms with van der Waals surface area (Å²) in [5.74, 6) is -0.723. The molecule has 3 aromatic rings. The van der Waals surface area contributed by atoms with Crippen molar-refractivity contribution in [1.82, 2.24) is 20.1 Å². The lowest BCUT2D eigenvalue weighted by atomic mass is 10.2. The molecule has 2 aliphatic heterocycles. The number of rotatable bonds is 5. The molecule has 0 saturated carbocycles. The molecule has 194 valence electrons. The number of anilines is 2. The van der Waals surface area contributed by atoms with Crippen molar-refractivity contribution in [2.24, 2.45) is 0 Å². The van der Waals surface area contributed by atoms with E-state index in [1.54, 1.807) is 29.9 Å². The molecule has 12 heteroatoms. The molecule has 1 aromatic heterocycles. The van der Waals surface area contributed by atoms with Gasteiger partial charge in [-0.25, -0.2) is 9.67 Å². The van der Waals surface area contributed by atoms with Crippen molar-refractivity contribution < 1.29 is 22.8 Å². The van der Waals surface area contributed by atoms with Crippen LogP contribution in [0.4, 0.5) is 24.5 Å². The van der Waals surface area contributed by atoms with E-state index in [1.165, 1.54) is 27.9 Å². The number of amides is 2. The lowest BCUT2D eigenvalue weighted by molar-refractivity contribution is -0.146. The van der Waals surface area contributed by atoms with Crippen molar-refractivity contribution in [1.29, 1.82) is 0 Å². The number of likely N-dealkylation sites (N-methyl/N-ethyl adjacent to an activating group) is 1. The van der Waals surface area contributed by atoms with Gasteiger partial charge in [-0.2, -0.15) is 13.2 Å². The van der Waals surface area contributed by atoms with Crippen LogP contribution in [0.5, 0.6) is 0 Å². The molecule has 1 N–H and O–H groups in total. The van der Waals surface area contributed by atoms with Crippen LogP contribution < -0.4 is 15.1 Å². The first kappa shape index (κ1) is 25.1. The van der Waals surface area contributed by atoms with Gasteiger partial charge in [0.05, 0.1) is 12.2 Å². The summed E-state index contributed by atoms with van der Waals surface area (Å²) in [6.45, 7) is 0.752. The van der Waals surface area contributed by atoms with Gasteiger partial charge >= 0.3 is 6.18 Å².